The van der Waals surface area contributed by atoms with E-state index in [-0.39, 0.29) is 12.5 Å². The number of hydroxylamine groups is 1. The van der Waals surface area contributed by atoms with Crippen LogP contribution in [0.5, 0.6) is 0 Å². The monoisotopic (exact) mass is 381 g/mol. The predicted molar refractivity (Wildman–Crippen MR) is 78.8 cm³/mol. The minimum Gasteiger partial charge on any atom is -0.369 e. The number of carbonyl (C=O) groups excluding carboxylic acids is 1. The van der Waals surface area contributed by atoms with Crippen molar-refractivity contribution in [3.63, 3.8) is 0 Å². The van der Waals surface area contributed by atoms with Gasteiger partial charge >= 0.3 is 13.8 Å². The Bertz CT molecular complexity index is 515. The van der Waals surface area contributed by atoms with Gasteiger partial charge in [-0.2, -0.15) is 5.48 Å². The smallest absolute Gasteiger partial charge is 0.369 e. The summed E-state index contributed by atoms with van der Waals surface area (Å²) in [5.41, 5.74) is 3.35. The molecule has 7 nitrogen and oxygen atoms in total. The Morgan fingerprint density at radius 1 is 1.33 bits per heavy atom. The molecule has 0 fully saturated rings. The van der Waals surface area contributed by atoms with Crippen molar-refractivity contribution in [2.45, 2.75) is 26.5 Å². The van der Waals surface area contributed by atoms with Crippen LogP contribution in [0.4, 0.5) is 0 Å². The second kappa shape index (κ2) is 8.03. The molecule has 0 aliphatic carbocycles. The van der Waals surface area contributed by atoms with E-state index >= 15 is 0 Å². The molecule has 0 bridgehead atoms. The molecule has 0 spiro atoms. The number of phosphoric acid groups is 1. The highest BCUT2D eigenvalue weighted by Gasteiger charge is 2.30. The minimum atomic E-state index is -4.86. The molecule has 1 rings (SSSR count). The summed E-state index contributed by atoms with van der Waals surface area (Å²) >= 11 is 3.31. The third-order valence-electron chi connectivity index (χ3n) is 2.49. The first kappa shape index (κ1) is 18.3. The van der Waals surface area contributed by atoms with Gasteiger partial charge in [0.1, 0.15) is 6.04 Å². The number of hydrogen-bond acceptors (Lipinski definition) is 5. The number of nitrogens with one attached hydrogen (secondary N) is 1. The van der Waals surface area contributed by atoms with Gasteiger partial charge in [-0.25, -0.2) is 9.36 Å². The van der Waals surface area contributed by atoms with Crippen molar-refractivity contribution in [1.29, 1.82) is 0 Å². The Hall–Kier alpha value is -0.760. The zero-order valence-electron chi connectivity index (χ0n) is 11.5. The van der Waals surface area contributed by atoms with E-state index in [9.17, 15) is 9.36 Å². The molecular weight excluding hydrogens is 365 g/mol. The van der Waals surface area contributed by atoms with Gasteiger partial charge in [0, 0.05) is 4.47 Å². The van der Waals surface area contributed by atoms with Gasteiger partial charge in [0.25, 0.3) is 0 Å². The van der Waals surface area contributed by atoms with Crippen LogP contribution >= 0.6 is 23.8 Å². The maximum Gasteiger partial charge on any atom is 0.527 e. The van der Waals surface area contributed by atoms with Gasteiger partial charge < -0.3 is 4.52 Å². The normalized spacial score (nSPS) is 13.2. The number of benzene rings is 1. The zero-order valence-corrected chi connectivity index (χ0v) is 14.0. The molecule has 3 N–H and O–H groups in total. The first-order valence-corrected chi connectivity index (χ1v) is 8.42. The standard InChI is InChI=1S/C12H17BrNO6P/c1-8(2)11(12(15)20-21(16,17)18)14-19-7-9-3-5-10(13)6-4-9/h3-6,8,11,14H,7H2,1-2H3,(H2,16,17,18)/t11-/m0/s1. The lowest BCUT2D eigenvalue weighted by Gasteiger charge is -2.20. The van der Waals surface area contributed by atoms with E-state index in [0.29, 0.717) is 0 Å². The number of hydrogen-bond donors (Lipinski definition) is 3. The lowest BCUT2D eigenvalue weighted by atomic mass is 10.1. The average molecular weight is 382 g/mol. The van der Waals surface area contributed by atoms with Gasteiger partial charge in [-0.1, -0.05) is 41.9 Å². The summed E-state index contributed by atoms with van der Waals surface area (Å²) in [6.45, 7) is 3.59. The van der Waals surface area contributed by atoms with E-state index in [2.05, 4.69) is 25.9 Å². The molecule has 21 heavy (non-hydrogen) atoms. The number of halogens is 1. The van der Waals surface area contributed by atoms with E-state index in [1.165, 1.54) is 0 Å². The molecule has 0 unspecified atom stereocenters. The molecule has 0 aromatic heterocycles. The third kappa shape index (κ3) is 7.17. The highest BCUT2D eigenvalue weighted by atomic mass is 79.9. The van der Waals surface area contributed by atoms with E-state index < -0.39 is 19.8 Å². The molecule has 1 aromatic rings. The zero-order chi connectivity index (χ0) is 16.0. The molecule has 0 saturated carbocycles. The average Bonchev–Trinajstić information content (AvgIpc) is 2.34. The van der Waals surface area contributed by atoms with Crippen molar-refractivity contribution in [2.24, 2.45) is 5.92 Å². The van der Waals surface area contributed by atoms with Crippen molar-refractivity contribution in [3.05, 3.63) is 34.3 Å². The predicted octanol–water partition coefficient (Wildman–Crippen LogP) is 2.13. The first-order chi connectivity index (χ1) is 9.69. The largest absolute Gasteiger partial charge is 0.527 e. The Labute approximate surface area is 131 Å². The van der Waals surface area contributed by atoms with Crippen LogP contribution in [0.3, 0.4) is 0 Å². The van der Waals surface area contributed by atoms with Gasteiger partial charge in [0.15, 0.2) is 0 Å². The number of phosphoric ester groups is 1. The fourth-order valence-electron chi connectivity index (χ4n) is 1.43. The summed E-state index contributed by atoms with van der Waals surface area (Å²) in [6, 6.07) is 6.39. The molecule has 0 aliphatic heterocycles. The van der Waals surface area contributed by atoms with Crippen LogP contribution in [0.2, 0.25) is 0 Å². The van der Waals surface area contributed by atoms with Crippen LogP contribution in [0.25, 0.3) is 0 Å². The molecular formula is C12H17BrNO6P. The van der Waals surface area contributed by atoms with Crippen molar-refractivity contribution in [2.75, 3.05) is 0 Å². The molecule has 0 radical (unpaired) electrons. The molecule has 0 aliphatic rings. The summed E-state index contributed by atoms with van der Waals surface area (Å²) < 4.78 is 15.7. The van der Waals surface area contributed by atoms with Crippen LogP contribution in [-0.4, -0.2) is 21.8 Å². The molecule has 9 heteroatoms. The van der Waals surface area contributed by atoms with Crippen molar-refractivity contribution in [1.82, 2.24) is 5.48 Å². The fourth-order valence-corrected chi connectivity index (χ4v) is 2.04. The Morgan fingerprint density at radius 3 is 2.38 bits per heavy atom. The highest BCUT2D eigenvalue weighted by molar-refractivity contribution is 9.10. The van der Waals surface area contributed by atoms with Crippen molar-refractivity contribution >= 4 is 29.7 Å². The number of carbonyl (C=O) groups is 1. The van der Waals surface area contributed by atoms with Crippen molar-refractivity contribution < 1.29 is 28.5 Å². The summed E-state index contributed by atoms with van der Waals surface area (Å²) in [4.78, 5) is 34.1. The van der Waals surface area contributed by atoms with Gasteiger partial charge in [0.05, 0.1) is 6.61 Å². The Kier molecular flexibility index (Phi) is 6.99. The molecule has 118 valence electrons. The molecule has 0 amide bonds. The SMILES string of the molecule is CC(C)[C@H](NOCc1ccc(Br)cc1)C(=O)OP(=O)(O)O. The molecule has 1 atom stereocenters. The quantitative estimate of drug-likeness (QED) is 0.490. The van der Waals surface area contributed by atoms with Gasteiger partial charge in [0.2, 0.25) is 0 Å². The minimum absolute atomic E-state index is 0.194. The Balaban J connectivity index is 2.53. The van der Waals surface area contributed by atoms with Crippen LogP contribution in [0.15, 0.2) is 28.7 Å². The molecule has 0 saturated heterocycles. The van der Waals surface area contributed by atoms with Crippen LogP contribution in [0.1, 0.15) is 19.4 Å². The third-order valence-corrected chi connectivity index (χ3v) is 3.44. The maximum absolute atomic E-state index is 11.6. The van der Waals surface area contributed by atoms with E-state index in [4.69, 9.17) is 14.6 Å². The highest BCUT2D eigenvalue weighted by Crippen LogP contribution is 2.36. The van der Waals surface area contributed by atoms with E-state index in [1.54, 1.807) is 13.8 Å². The van der Waals surface area contributed by atoms with E-state index in [1.807, 2.05) is 24.3 Å². The lowest BCUT2D eigenvalue weighted by molar-refractivity contribution is -0.145. The second-order valence-corrected chi connectivity index (χ2v) is 6.73. The second-order valence-electron chi connectivity index (χ2n) is 4.66. The summed E-state index contributed by atoms with van der Waals surface area (Å²) in [6.07, 6.45) is 0. The topological polar surface area (TPSA) is 105 Å². The molecule has 1 aromatic carbocycles. The van der Waals surface area contributed by atoms with Gasteiger partial charge in [-0.05, 0) is 23.6 Å². The van der Waals surface area contributed by atoms with Crippen LogP contribution in [0, 0.1) is 5.92 Å². The summed E-state index contributed by atoms with van der Waals surface area (Å²) in [5.74, 6) is -1.33. The van der Waals surface area contributed by atoms with E-state index in [0.717, 1.165) is 10.0 Å². The van der Waals surface area contributed by atoms with Crippen LogP contribution in [-0.2, 0) is 25.3 Å². The summed E-state index contributed by atoms with van der Waals surface area (Å²) in [5, 5.41) is 0. The maximum atomic E-state index is 11.6. The van der Waals surface area contributed by atoms with Gasteiger partial charge in [-0.3, -0.25) is 14.6 Å². The van der Waals surface area contributed by atoms with Crippen molar-refractivity contribution in [3.8, 4) is 0 Å². The first-order valence-electron chi connectivity index (χ1n) is 6.10. The number of rotatable bonds is 7. The molecule has 0 heterocycles. The fraction of sp³-hybridized carbons (Fsp3) is 0.417. The summed E-state index contributed by atoms with van der Waals surface area (Å²) in [7, 11) is -4.86. The lowest BCUT2D eigenvalue weighted by Crippen LogP contribution is -2.41. The Morgan fingerprint density at radius 2 is 1.90 bits per heavy atom. The van der Waals surface area contributed by atoms with Gasteiger partial charge in [-0.15, -0.1) is 0 Å². The van der Waals surface area contributed by atoms with Crippen LogP contribution < -0.4 is 5.48 Å².